The third-order valence-corrected chi connectivity index (χ3v) is 2.20. The molecule has 14 heavy (non-hydrogen) atoms. The van der Waals surface area contributed by atoms with Crippen LogP contribution in [0.4, 0.5) is 5.69 Å². The summed E-state index contributed by atoms with van der Waals surface area (Å²) in [6, 6.07) is 2.88. The molecule has 0 aliphatic carbocycles. The summed E-state index contributed by atoms with van der Waals surface area (Å²) in [5.74, 6) is -0.302. The van der Waals surface area contributed by atoms with Gasteiger partial charge in [0.1, 0.15) is 0 Å². The quantitative estimate of drug-likeness (QED) is 0.638. The van der Waals surface area contributed by atoms with Crippen molar-refractivity contribution in [2.45, 2.75) is 6.42 Å². The Morgan fingerprint density at radius 3 is 2.71 bits per heavy atom. The lowest BCUT2D eigenvalue weighted by molar-refractivity contribution is -0.386. The second-order valence-electron chi connectivity index (χ2n) is 2.73. The van der Waals surface area contributed by atoms with E-state index in [9.17, 15) is 15.2 Å². The molecular weight excluding hydrogens is 252 g/mol. The molecule has 0 radical (unpaired) electrons. The molecule has 0 saturated heterocycles. The highest BCUT2D eigenvalue weighted by Crippen LogP contribution is 2.33. The Balaban J connectivity index is 3.24. The van der Waals surface area contributed by atoms with E-state index in [1.807, 2.05) is 0 Å². The molecule has 6 heteroatoms. The highest BCUT2D eigenvalue weighted by atomic mass is 79.9. The maximum absolute atomic E-state index is 10.5. The fourth-order valence-corrected chi connectivity index (χ4v) is 1.62. The summed E-state index contributed by atoms with van der Waals surface area (Å²) < 4.78 is 0.561. The first kappa shape index (κ1) is 10.9. The van der Waals surface area contributed by atoms with Gasteiger partial charge in [-0.25, -0.2) is 0 Å². The number of rotatable bonds is 3. The zero-order valence-corrected chi connectivity index (χ0v) is 8.82. The van der Waals surface area contributed by atoms with E-state index in [4.69, 9.17) is 5.73 Å². The average molecular weight is 261 g/mol. The Hall–Kier alpha value is -1.14. The van der Waals surface area contributed by atoms with E-state index in [0.29, 0.717) is 23.0 Å². The average Bonchev–Trinajstić information content (AvgIpc) is 2.10. The Kier molecular flexibility index (Phi) is 3.43. The maximum atomic E-state index is 10.5. The van der Waals surface area contributed by atoms with E-state index in [0.717, 1.165) is 0 Å². The summed E-state index contributed by atoms with van der Waals surface area (Å²) in [6.07, 6.45) is 0.409. The van der Waals surface area contributed by atoms with Gasteiger partial charge in [-0.3, -0.25) is 10.1 Å². The number of aromatic hydroxyl groups is 1. The molecule has 0 aromatic heterocycles. The van der Waals surface area contributed by atoms with Crippen molar-refractivity contribution in [3.8, 4) is 5.75 Å². The second kappa shape index (κ2) is 4.39. The van der Waals surface area contributed by atoms with Crippen LogP contribution in [0.5, 0.6) is 5.75 Å². The second-order valence-corrected chi connectivity index (χ2v) is 3.64. The number of nitrogens with two attached hydrogens (primary N) is 1. The zero-order valence-electron chi connectivity index (χ0n) is 7.24. The predicted molar refractivity (Wildman–Crippen MR) is 55.2 cm³/mol. The molecule has 0 amide bonds. The van der Waals surface area contributed by atoms with Crippen LogP contribution >= 0.6 is 15.9 Å². The van der Waals surface area contributed by atoms with Gasteiger partial charge in [0.05, 0.1) is 4.92 Å². The number of phenols is 1. The van der Waals surface area contributed by atoms with E-state index in [1.165, 1.54) is 6.07 Å². The Labute approximate surface area is 88.8 Å². The SMILES string of the molecule is NCCc1cc(Br)cc([N+](=O)[O-])c1O. The Bertz CT molecular complexity index is 368. The number of benzene rings is 1. The van der Waals surface area contributed by atoms with Gasteiger partial charge >= 0.3 is 5.69 Å². The molecule has 3 N–H and O–H groups in total. The third kappa shape index (κ3) is 2.21. The summed E-state index contributed by atoms with van der Waals surface area (Å²) in [6.45, 7) is 0.334. The highest BCUT2D eigenvalue weighted by Gasteiger charge is 2.17. The van der Waals surface area contributed by atoms with E-state index < -0.39 is 4.92 Å². The van der Waals surface area contributed by atoms with Gasteiger partial charge in [0.15, 0.2) is 5.75 Å². The molecule has 0 spiro atoms. The first-order valence-corrected chi connectivity index (χ1v) is 4.71. The predicted octanol–water partition coefficient (Wildman–Crippen LogP) is 1.56. The van der Waals surface area contributed by atoms with Crippen LogP contribution in [0, 0.1) is 10.1 Å². The van der Waals surface area contributed by atoms with Gasteiger partial charge in [-0.2, -0.15) is 0 Å². The maximum Gasteiger partial charge on any atom is 0.312 e. The normalized spacial score (nSPS) is 10.1. The first-order valence-electron chi connectivity index (χ1n) is 3.92. The number of halogens is 1. The minimum Gasteiger partial charge on any atom is -0.502 e. The molecule has 1 aromatic rings. The van der Waals surface area contributed by atoms with Gasteiger partial charge in [-0.15, -0.1) is 0 Å². The monoisotopic (exact) mass is 260 g/mol. The van der Waals surface area contributed by atoms with Crippen LogP contribution in [-0.2, 0) is 6.42 Å². The fraction of sp³-hybridized carbons (Fsp3) is 0.250. The van der Waals surface area contributed by atoms with Crippen LogP contribution < -0.4 is 5.73 Å². The van der Waals surface area contributed by atoms with Gasteiger partial charge in [0, 0.05) is 16.1 Å². The molecule has 0 heterocycles. The number of nitrogens with zero attached hydrogens (tertiary/aromatic N) is 1. The molecule has 0 fully saturated rings. The summed E-state index contributed by atoms with van der Waals surface area (Å²) in [5, 5.41) is 20.0. The van der Waals surface area contributed by atoms with Crippen molar-refractivity contribution in [2.24, 2.45) is 5.73 Å². The molecule has 76 valence electrons. The minimum atomic E-state index is -0.625. The van der Waals surface area contributed by atoms with Crippen LogP contribution in [-0.4, -0.2) is 16.6 Å². The van der Waals surface area contributed by atoms with E-state index in [-0.39, 0.29) is 11.4 Å². The summed E-state index contributed by atoms with van der Waals surface area (Å²) in [5.41, 5.74) is 5.49. The molecule has 0 unspecified atom stereocenters. The number of nitro benzene ring substituents is 1. The lowest BCUT2D eigenvalue weighted by Gasteiger charge is -2.04. The fourth-order valence-electron chi connectivity index (χ4n) is 1.13. The number of phenolic OH excluding ortho intramolecular Hbond substituents is 1. The number of hydrogen-bond acceptors (Lipinski definition) is 4. The number of nitro groups is 1. The topological polar surface area (TPSA) is 89.4 Å². The van der Waals surface area contributed by atoms with Gasteiger partial charge in [-0.05, 0) is 19.0 Å². The van der Waals surface area contributed by atoms with Crippen LogP contribution in [0.2, 0.25) is 0 Å². The smallest absolute Gasteiger partial charge is 0.312 e. The van der Waals surface area contributed by atoms with Crippen molar-refractivity contribution >= 4 is 21.6 Å². The highest BCUT2D eigenvalue weighted by molar-refractivity contribution is 9.10. The van der Waals surface area contributed by atoms with E-state index in [2.05, 4.69) is 15.9 Å². The Morgan fingerprint density at radius 2 is 2.21 bits per heavy atom. The molecule has 0 aliphatic rings. The van der Waals surface area contributed by atoms with Crippen LogP contribution in [0.3, 0.4) is 0 Å². The Morgan fingerprint density at radius 1 is 1.57 bits per heavy atom. The molecule has 0 saturated carbocycles. The summed E-state index contributed by atoms with van der Waals surface area (Å²) in [7, 11) is 0. The molecule has 1 aromatic carbocycles. The van der Waals surface area contributed by atoms with Crippen LogP contribution in [0.1, 0.15) is 5.56 Å². The summed E-state index contributed by atoms with van der Waals surface area (Å²) in [4.78, 5) is 9.90. The van der Waals surface area contributed by atoms with Gasteiger partial charge < -0.3 is 10.8 Å². The van der Waals surface area contributed by atoms with Crippen molar-refractivity contribution in [2.75, 3.05) is 6.54 Å². The van der Waals surface area contributed by atoms with Crippen molar-refractivity contribution in [1.29, 1.82) is 0 Å². The molecule has 5 nitrogen and oxygen atoms in total. The van der Waals surface area contributed by atoms with Crippen molar-refractivity contribution < 1.29 is 10.0 Å². The van der Waals surface area contributed by atoms with Crippen molar-refractivity contribution in [3.05, 3.63) is 32.3 Å². The zero-order chi connectivity index (χ0) is 10.7. The standard InChI is InChI=1S/C8H9BrN2O3/c9-6-3-5(1-2-10)8(12)7(4-6)11(13)14/h3-4,12H,1-2,10H2. The summed E-state index contributed by atoms with van der Waals surface area (Å²) >= 11 is 3.13. The molecular formula is C8H9BrN2O3. The molecule has 0 atom stereocenters. The number of hydrogen-bond donors (Lipinski definition) is 2. The minimum absolute atomic E-state index is 0.302. The van der Waals surface area contributed by atoms with Crippen molar-refractivity contribution in [3.63, 3.8) is 0 Å². The van der Waals surface area contributed by atoms with Gasteiger partial charge in [0.25, 0.3) is 0 Å². The van der Waals surface area contributed by atoms with E-state index >= 15 is 0 Å². The third-order valence-electron chi connectivity index (χ3n) is 1.74. The van der Waals surface area contributed by atoms with Gasteiger partial charge in [0.2, 0.25) is 0 Å². The lowest BCUT2D eigenvalue weighted by atomic mass is 10.1. The first-order chi connectivity index (χ1) is 6.56. The van der Waals surface area contributed by atoms with E-state index in [1.54, 1.807) is 6.07 Å². The largest absolute Gasteiger partial charge is 0.502 e. The molecule has 1 rings (SSSR count). The lowest BCUT2D eigenvalue weighted by Crippen LogP contribution is -2.03. The van der Waals surface area contributed by atoms with Crippen LogP contribution in [0.25, 0.3) is 0 Å². The van der Waals surface area contributed by atoms with Crippen LogP contribution in [0.15, 0.2) is 16.6 Å². The molecule has 0 aliphatic heterocycles. The van der Waals surface area contributed by atoms with Crippen molar-refractivity contribution in [1.82, 2.24) is 0 Å². The molecule has 0 bridgehead atoms. The van der Waals surface area contributed by atoms with Gasteiger partial charge in [-0.1, -0.05) is 15.9 Å².